The highest BCUT2D eigenvalue weighted by atomic mass is 16.8. The quantitative estimate of drug-likeness (QED) is 0.867. The Morgan fingerprint density at radius 2 is 1.36 bits per heavy atom. The summed E-state index contributed by atoms with van der Waals surface area (Å²) >= 11 is 0. The molecular weight excluding hydrogens is 288 g/mol. The maximum Gasteiger partial charge on any atom is 0.339 e. The van der Waals surface area contributed by atoms with Crippen LogP contribution in [0.5, 0.6) is 0 Å². The second-order valence-corrected chi connectivity index (χ2v) is 5.49. The normalized spacial score (nSPS) is 34.5. The summed E-state index contributed by atoms with van der Waals surface area (Å²) in [7, 11) is 0. The van der Waals surface area contributed by atoms with Crippen molar-refractivity contribution in [3.8, 4) is 0 Å². The molecule has 0 spiro atoms. The predicted octanol–water partition coefficient (Wildman–Crippen LogP) is 2.37. The number of benzene rings is 1. The molecule has 1 aliphatic heterocycles. The van der Waals surface area contributed by atoms with Crippen LogP contribution in [0.4, 0.5) is 0 Å². The van der Waals surface area contributed by atoms with Gasteiger partial charge < -0.3 is 19.7 Å². The van der Waals surface area contributed by atoms with E-state index in [1.165, 1.54) is 0 Å². The van der Waals surface area contributed by atoms with Crippen LogP contribution in [0.2, 0.25) is 0 Å². The Labute approximate surface area is 128 Å². The van der Waals surface area contributed by atoms with Crippen molar-refractivity contribution in [2.45, 2.75) is 50.6 Å². The van der Waals surface area contributed by atoms with E-state index in [2.05, 4.69) is 0 Å². The summed E-state index contributed by atoms with van der Waals surface area (Å²) in [5.41, 5.74) is -3.32. The first-order chi connectivity index (χ1) is 10.3. The van der Waals surface area contributed by atoms with Gasteiger partial charge in [-0.3, -0.25) is 0 Å². The average molecular weight is 308 g/mol. The van der Waals surface area contributed by atoms with Crippen molar-refractivity contribution in [2.24, 2.45) is 0 Å². The SMILES string of the molecule is CCC1(C(=O)O)OC(C)(c2ccccc2)O[C@@]1(CC)C(=O)O. The second-order valence-electron chi connectivity index (χ2n) is 5.49. The summed E-state index contributed by atoms with van der Waals surface area (Å²) in [6.07, 6.45) is -0.0458. The van der Waals surface area contributed by atoms with E-state index in [1.807, 2.05) is 0 Å². The summed E-state index contributed by atoms with van der Waals surface area (Å²) in [5.74, 6) is -4.11. The highest BCUT2D eigenvalue weighted by Gasteiger charge is 2.72. The largest absolute Gasteiger partial charge is 0.479 e. The predicted molar refractivity (Wildman–Crippen MR) is 77.3 cm³/mol. The summed E-state index contributed by atoms with van der Waals surface area (Å²) in [6, 6.07) is 8.75. The summed E-state index contributed by atoms with van der Waals surface area (Å²) in [4.78, 5) is 23.8. The molecule has 2 rings (SSSR count). The Hall–Kier alpha value is -1.92. The van der Waals surface area contributed by atoms with Crippen molar-refractivity contribution in [3.63, 3.8) is 0 Å². The molecule has 0 aliphatic carbocycles. The molecule has 0 saturated carbocycles. The monoisotopic (exact) mass is 308 g/mol. The first kappa shape index (κ1) is 16.5. The minimum Gasteiger partial charge on any atom is -0.479 e. The molecule has 1 heterocycles. The Morgan fingerprint density at radius 3 is 1.68 bits per heavy atom. The van der Waals surface area contributed by atoms with E-state index in [0.29, 0.717) is 5.56 Å². The van der Waals surface area contributed by atoms with E-state index < -0.39 is 28.9 Å². The standard InChI is InChI=1S/C16H20O6/c1-4-15(12(17)18)16(5-2,13(19)20)22-14(3,21-15)11-9-7-6-8-10-11/h6-10H,4-5H2,1-3H3,(H,17,18)(H,19,20)/t14?,15-,16?/m0/s1. The Kier molecular flexibility index (Phi) is 4.02. The van der Waals surface area contributed by atoms with Gasteiger partial charge in [0.25, 0.3) is 0 Å². The van der Waals surface area contributed by atoms with Crippen LogP contribution in [0.1, 0.15) is 39.2 Å². The minimum atomic E-state index is -1.95. The van der Waals surface area contributed by atoms with Gasteiger partial charge in [0, 0.05) is 5.56 Å². The zero-order valence-electron chi connectivity index (χ0n) is 12.8. The van der Waals surface area contributed by atoms with Gasteiger partial charge in [0.05, 0.1) is 0 Å². The lowest BCUT2D eigenvalue weighted by Crippen LogP contribution is -2.61. The van der Waals surface area contributed by atoms with E-state index in [-0.39, 0.29) is 12.8 Å². The van der Waals surface area contributed by atoms with Crippen LogP contribution in [0, 0.1) is 0 Å². The molecule has 6 nitrogen and oxygen atoms in total. The van der Waals surface area contributed by atoms with Crippen LogP contribution in [-0.4, -0.2) is 33.4 Å². The molecule has 6 heteroatoms. The molecule has 0 bridgehead atoms. The lowest BCUT2D eigenvalue weighted by atomic mass is 9.79. The van der Waals surface area contributed by atoms with Gasteiger partial charge in [-0.1, -0.05) is 44.2 Å². The van der Waals surface area contributed by atoms with Crippen molar-refractivity contribution in [3.05, 3.63) is 35.9 Å². The molecule has 1 saturated heterocycles. The Morgan fingerprint density at radius 1 is 0.955 bits per heavy atom. The van der Waals surface area contributed by atoms with E-state index in [4.69, 9.17) is 9.47 Å². The van der Waals surface area contributed by atoms with Crippen LogP contribution >= 0.6 is 0 Å². The van der Waals surface area contributed by atoms with Crippen molar-refractivity contribution < 1.29 is 29.3 Å². The molecule has 2 unspecified atom stereocenters. The number of carboxylic acid groups (broad SMARTS) is 2. The third kappa shape index (κ3) is 2.02. The Bertz CT molecular complexity index is 554. The number of carbonyl (C=O) groups is 2. The van der Waals surface area contributed by atoms with Crippen LogP contribution in [0.3, 0.4) is 0 Å². The fourth-order valence-electron chi connectivity index (χ4n) is 3.16. The minimum absolute atomic E-state index is 0.0229. The number of carboxylic acids is 2. The Balaban J connectivity index is 2.64. The average Bonchev–Trinajstić information content (AvgIpc) is 2.80. The highest BCUT2D eigenvalue weighted by Crippen LogP contribution is 2.52. The zero-order valence-corrected chi connectivity index (χ0v) is 12.8. The van der Waals surface area contributed by atoms with Crippen LogP contribution < -0.4 is 0 Å². The van der Waals surface area contributed by atoms with E-state index in [0.717, 1.165) is 0 Å². The topological polar surface area (TPSA) is 93.1 Å². The van der Waals surface area contributed by atoms with Crippen LogP contribution in [0.15, 0.2) is 30.3 Å². The second kappa shape index (κ2) is 5.37. The molecular formula is C16H20O6. The summed E-state index contributed by atoms with van der Waals surface area (Å²) in [6.45, 7) is 4.72. The fourth-order valence-corrected chi connectivity index (χ4v) is 3.16. The van der Waals surface area contributed by atoms with Gasteiger partial charge in [-0.15, -0.1) is 0 Å². The van der Waals surface area contributed by atoms with Gasteiger partial charge in [0.1, 0.15) is 0 Å². The fraction of sp³-hybridized carbons (Fsp3) is 0.500. The lowest BCUT2D eigenvalue weighted by molar-refractivity contribution is -0.203. The third-order valence-electron chi connectivity index (χ3n) is 4.38. The van der Waals surface area contributed by atoms with E-state index in [9.17, 15) is 19.8 Å². The summed E-state index contributed by atoms with van der Waals surface area (Å²) < 4.78 is 11.6. The van der Waals surface area contributed by atoms with Gasteiger partial charge in [-0.05, 0) is 19.8 Å². The van der Waals surface area contributed by atoms with Crippen molar-refractivity contribution in [1.82, 2.24) is 0 Å². The van der Waals surface area contributed by atoms with Crippen molar-refractivity contribution in [1.29, 1.82) is 0 Å². The maximum atomic E-state index is 11.9. The molecule has 2 N–H and O–H groups in total. The maximum absolute atomic E-state index is 11.9. The number of hydrogen-bond acceptors (Lipinski definition) is 4. The van der Waals surface area contributed by atoms with Crippen LogP contribution in [0.25, 0.3) is 0 Å². The molecule has 3 atom stereocenters. The molecule has 1 aromatic rings. The van der Waals surface area contributed by atoms with Gasteiger partial charge in [-0.2, -0.15) is 0 Å². The first-order valence-corrected chi connectivity index (χ1v) is 7.20. The smallest absolute Gasteiger partial charge is 0.339 e. The van der Waals surface area contributed by atoms with E-state index >= 15 is 0 Å². The van der Waals surface area contributed by atoms with Gasteiger partial charge in [0.15, 0.2) is 5.79 Å². The van der Waals surface area contributed by atoms with Gasteiger partial charge in [-0.25, -0.2) is 9.59 Å². The van der Waals surface area contributed by atoms with Crippen LogP contribution in [-0.2, 0) is 24.8 Å². The molecule has 120 valence electrons. The lowest BCUT2D eigenvalue weighted by Gasteiger charge is -2.34. The summed E-state index contributed by atoms with van der Waals surface area (Å²) in [5, 5.41) is 19.4. The van der Waals surface area contributed by atoms with Crippen molar-refractivity contribution in [2.75, 3.05) is 0 Å². The van der Waals surface area contributed by atoms with Gasteiger partial charge >= 0.3 is 11.9 Å². The molecule has 1 aliphatic rings. The third-order valence-corrected chi connectivity index (χ3v) is 4.38. The molecule has 0 aromatic heterocycles. The molecule has 1 fully saturated rings. The number of rotatable bonds is 5. The van der Waals surface area contributed by atoms with E-state index in [1.54, 1.807) is 51.1 Å². The first-order valence-electron chi connectivity index (χ1n) is 7.20. The number of aliphatic carboxylic acids is 2. The van der Waals surface area contributed by atoms with Crippen molar-refractivity contribution >= 4 is 11.9 Å². The molecule has 22 heavy (non-hydrogen) atoms. The highest BCUT2D eigenvalue weighted by molar-refractivity contribution is 5.92. The number of hydrogen-bond donors (Lipinski definition) is 2. The molecule has 0 radical (unpaired) electrons. The molecule has 1 aromatic carbocycles. The van der Waals surface area contributed by atoms with Gasteiger partial charge in [0.2, 0.25) is 11.2 Å². The molecule has 0 amide bonds. The zero-order chi connectivity index (χ0) is 16.6. The number of ether oxygens (including phenoxy) is 2.